The van der Waals surface area contributed by atoms with Crippen molar-refractivity contribution in [2.45, 2.75) is 0 Å². The van der Waals surface area contributed by atoms with Crippen molar-refractivity contribution in [3.63, 3.8) is 0 Å². The number of anilines is 3. The van der Waals surface area contributed by atoms with E-state index in [9.17, 15) is 0 Å². The Morgan fingerprint density at radius 2 is 1.85 bits per heavy atom. The molecule has 5 heteroatoms. The lowest BCUT2D eigenvalue weighted by Gasteiger charge is -2.11. The summed E-state index contributed by atoms with van der Waals surface area (Å²) in [7, 11) is 0. The summed E-state index contributed by atoms with van der Waals surface area (Å²) in [5.41, 5.74) is 8.94. The molecular formula is C15H11Cl2N3. The molecule has 3 aromatic rings. The maximum Gasteiger partial charge on any atom is 0.0827 e. The van der Waals surface area contributed by atoms with Crippen LogP contribution in [-0.4, -0.2) is 4.98 Å². The third kappa shape index (κ3) is 2.38. The molecule has 0 spiro atoms. The summed E-state index contributed by atoms with van der Waals surface area (Å²) < 4.78 is 0. The fourth-order valence-electron chi connectivity index (χ4n) is 2.02. The van der Waals surface area contributed by atoms with Crippen molar-refractivity contribution in [1.29, 1.82) is 0 Å². The zero-order chi connectivity index (χ0) is 14.1. The van der Waals surface area contributed by atoms with Gasteiger partial charge < -0.3 is 11.1 Å². The van der Waals surface area contributed by atoms with Crippen molar-refractivity contribution in [3.05, 3.63) is 58.7 Å². The van der Waals surface area contributed by atoms with Crippen LogP contribution < -0.4 is 11.1 Å². The lowest BCUT2D eigenvalue weighted by atomic mass is 10.1. The number of fused-ring (bicyclic) bond motifs is 1. The predicted octanol–water partition coefficient (Wildman–Crippen LogP) is 4.87. The van der Waals surface area contributed by atoms with Crippen LogP contribution in [0.2, 0.25) is 10.0 Å². The Balaban J connectivity index is 2.09. The van der Waals surface area contributed by atoms with Crippen LogP contribution in [0.5, 0.6) is 0 Å². The molecule has 0 amide bonds. The van der Waals surface area contributed by atoms with Gasteiger partial charge in [-0.2, -0.15) is 0 Å². The SMILES string of the molecule is Nc1ccc2c(Nc3cccc(Cl)c3Cl)ccnc2c1. The van der Waals surface area contributed by atoms with E-state index in [0.717, 1.165) is 22.3 Å². The van der Waals surface area contributed by atoms with Crippen LogP contribution in [-0.2, 0) is 0 Å². The van der Waals surface area contributed by atoms with Crippen molar-refractivity contribution in [2.75, 3.05) is 11.1 Å². The molecule has 3 nitrogen and oxygen atoms in total. The van der Waals surface area contributed by atoms with Crippen molar-refractivity contribution >= 4 is 51.2 Å². The molecule has 0 radical (unpaired) electrons. The summed E-state index contributed by atoms with van der Waals surface area (Å²) in [5, 5.41) is 5.26. The molecule has 0 atom stereocenters. The molecule has 0 aliphatic carbocycles. The number of nitrogens with two attached hydrogens (primary N) is 1. The van der Waals surface area contributed by atoms with E-state index < -0.39 is 0 Å². The highest BCUT2D eigenvalue weighted by Gasteiger charge is 2.07. The topological polar surface area (TPSA) is 50.9 Å². The van der Waals surface area contributed by atoms with E-state index >= 15 is 0 Å². The average molecular weight is 304 g/mol. The smallest absolute Gasteiger partial charge is 0.0827 e. The van der Waals surface area contributed by atoms with Crippen molar-refractivity contribution in [1.82, 2.24) is 4.98 Å². The zero-order valence-corrected chi connectivity index (χ0v) is 11.9. The normalized spacial score (nSPS) is 10.7. The summed E-state index contributed by atoms with van der Waals surface area (Å²) in [6, 6.07) is 13.0. The summed E-state index contributed by atoms with van der Waals surface area (Å²) in [6.45, 7) is 0. The number of aromatic nitrogens is 1. The van der Waals surface area contributed by atoms with Crippen LogP contribution in [0.1, 0.15) is 0 Å². The van der Waals surface area contributed by atoms with E-state index in [1.807, 2.05) is 36.4 Å². The van der Waals surface area contributed by atoms with Crippen molar-refractivity contribution in [2.24, 2.45) is 0 Å². The molecule has 0 aliphatic heterocycles. The van der Waals surface area contributed by atoms with Gasteiger partial charge in [-0.05, 0) is 36.4 Å². The molecule has 1 aromatic heterocycles. The van der Waals surface area contributed by atoms with E-state index in [-0.39, 0.29) is 0 Å². The highest BCUT2D eigenvalue weighted by Crippen LogP contribution is 2.33. The second kappa shape index (κ2) is 5.19. The molecule has 2 aromatic carbocycles. The number of nitrogen functional groups attached to an aromatic ring is 1. The Bertz CT molecular complexity index is 787. The van der Waals surface area contributed by atoms with Gasteiger partial charge >= 0.3 is 0 Å². The van der Waals surface area contributed by atoms with Crippen LogP contribution in [0.4, 0.5) is 17.1 Å². The highest BCUT2D eigenvalue weighted by atomic mass is 35.5. The van der Waals surface area contributed by atoms with Crippen LogP contribution in [0.3, 0.4) is 0 Å². The molecule has 0 saturated heterocycles. The van der Waals surface area contributed by atoms with Gasteiger partial charge in [0.05, 0.1) is 21.2 Å². The number of hydrogen-bond acceptors (Lipinski definition) is 3. The molecule has 0 fully saturated rings. The van der Waals surface area contributed by atoms with E-state index in [0.29, 0.717) is 15.7 Å². The van der Waals surface area contributed by atoms with Crippen LogP contribution in [0, 0.1) is 0 Å². The largest absolute Gasteiger partial charge is 0.399 e. The predicted molar refractivity (Wildman–Crippen MR) is 85.9 cm³/mol. The fraction of sp³-hybridized carbons (Fsp3) is 0. The fourth-order valence-corrected chi connectivity index (χ4v) is 2.37. The first-order valence-electron chi connectivity index (χ1n) is 6.00. The van der Waals surface area contributed by atoms with Gasteiger partial charge in [-0.15, -0.1) is 0 Å². The number of rotatable bonds is 2. The summed E-state index contributed by atoms with van der Waals surface area (Å²) in [5.74, 6) is 0. The molecule has 0 saturated carbocycles. The minimum atomic E-state index is 0.495. The van der Waals surface area contributed by atoms with Crippen LogP contribution in [0.25, 0.3) is 10.9 Å². The van der Waals surface area contributed by atoms with E-state index in [2.05, 4.69) is 10.3 Å². The first-order chi connectivity index (χ1) is 9.65. The van der Waals surface area contributed by atoms with Gasteiger partial charge in [0.1, 0.15) is 0 Å². The lowest BCUT2D eigenvalue weighted by Crippen LogP contribution is -1.94. The summed E-state index contributed by atoms with van der Waals surface area (Å²) in [6.07, 6.45) is 1.72. The number of pyridine rings is 1. The molecule has 3 rings (SSSR count). The Kier molecular flexibility index (Phi) is 3.38. The van der Waals surface area contributed by atoms with E-state index in [4.69, 9.17) is 28.9 Å². The lowest BCUT2D eigenvalue weighted by molar-refractivity contribution is 1.40. The number of hydrogen-bond donors (Lipinski definition) is 2. The Labute approximate surface area is 126 Å². The summed E-state index contributed by atoms with van der Waals surface area (Å²) in [4.78, 5) is 4.31. The average Bonchev–Trinajstić information content (AvgIpc) is 2.44. The Morgan fingerprint density at radius 3 is 2.70 bits per heavy atom. The third-order valence-corrected chi connectivity index (χ3v) is 3.81. The van der Waals surface area contributed by atoms with Gasteiger partial charge in [0, 0.05) is 23.0 Å². The first kappa shape index (κ1) is 13.0. The van der Waals surface area contributed by atoms with Gasteiger partial charge in [-0.1, -0.05) is 29.3 Å². The quantitative estimate of drug-likeness (QED) is 0.664. The molecule has 20 heavy (non-hydrogen) atoms. The standard InChI is InChI=1S/C15H11Cl2N3/c16-11-2-1-3-13(15(11)17)20-12-6-7-19-14-8-9(18)4-5-10(12)14/h1-8H,18H2,(H,19,20). The van der Waals surface area contributed by atoms with E-state index in [1.54, 1.807) is 12.3 Å². The second-order valence-corrected chi connectivity index (χ2v) is 5.15. The number of nitrogens with zero attached hydrogens (tertiary/aromatic N) is 1. The van der Waals surface area contributed by atoms with Gasteiger partial charge in [-0.3, -0.25) is 4.98 Å². The van der Waals surface area contributed by atoms with E-state index in [1.165, 1.54) is 0 Å². The molecule has 100 valence electrons. The monoisotopic (exact) mass is 303 g/mol. The second-order valence-electron chi connectivity index (χ2n) is 4.36. The maximum atomic E-state index is 6.19. The van der Waals surface area contributed by atoms with Crippen LogP contribution >= 0.6 is 23.2 Å². The van der Waals surface area contributed by atoms with Crippen molar-refractivity contribution < 1.29 is 0 Å². The van der Waals surface area contributed by atoms with Crippen molar-refractivity contribution in [3.8, 4) is 0 Å². The maximum absolute atomic E-state index is 6.19. The molecule has 1 heterocycles. The van der Waals surface area contributed by atoms with Gasteiger partial charge in [0.25, 0.3) is 0 Å². The molecule has 3 N–H and O–H groups in total. The Hall–Kier alpha value is -1.97. The van der Waals surface area contributed by atoms with Crippen LogP contribution in [0.15, 0.2) is 48.7 Å². The number of benzene rings is 2. The molecule has 0 aliphatic rings. The minimum absolute atomic E-state index is 0.495. The third-order valence-electron chi connectivity index (χ3n) is 2.99. The molecule has 0 bridgehead atoms. The van der Waals surface area contributed by atoms with Gasteiger partial charge in [-0.25, -0.2) is 0 Å². The highest BCUT2D eigenvalue weighted by molar-refractivity contribution is 6.43. The Morgan fingerprint density at radius 1 is 1.00 bits per heavy atom. The van der Waals surface area contributed by atoms with Gasteiger partial charge in [0.2, 0.25) is 0 Å². The van der Waals surface area contributed by atoms with Gasteiger partial charge in [0.15, 0.2) is 0 Å². The summed E-state index contributed by atoms with van der Waals surface area (Å²) >= 11 is 12.2. The molecule has 0 unspecified atom stereocenters. The zero-order valence-electron chi connectivity index (χ0n) is 10.4. The minimum Gasteiger partial charge on any atom is -0.399 e. The first-order valence-corrected chi connectivity index (χ1v) is 6.76. The number of halogens is 2. The molecular weight excluding hydrogens is 293 g/mol. The number of nitrogens with one attached hydrogen (secondary N) is 1.